The lowest BCUT2D eigenvalue weighted by Gasteiger charge is -2.26. The molecule has 2 N–H and O–H groups in total. The molecule has 0 spiro atoms. The Balaban J connectivity index is 2.23. The molecule has 0 atom stereocenters. The smallest absolute Gasteiger partial charge is 0.0792 e. The van der Waals surface area contributed by atoms with E-state index in [4.69, 9.17) is 22.1 Å². The predicted octanol–water partition coefficient (Wildman–Crippen LogP) is 2.54. The summed E-state index contributed by atoms with van der Waals surface area (Å²) >= 11 is 6.21. The first-order valence-corrected chi connectivity index (χ1v) is 5.91. The second-order valence-electron chi connectivity index (χ2n) is 4.10. The molecule has 1 aliphatic rings. The molecule has 0 unspecified atom stereocenters. The van der Waals surface area contributed by atoms with Crippen LogP contribution in [0.25, 0.3) is 0 Å². The number of ether oxygens (including phenoxy) is 1. The highest BCUT2D eigenvalue weighted by Gasteiger charge is 2.31. The van der Waals surface area contributed by atoms with E-state index >= 15 is 0 Å². The molecule has 2 rings (SSSR count). The van der Waals surface area contributed by atoms with E-state index in [9.17, 15) is 0 Å². The van der Waals surface area contributed by atoms with Gasteiger partial charge >= 0.3 is 0 Å². The molecule has 0 aliphatic heterocycles. The van der Waals surface area contributed by atoms with Gasteiger partial charge in [-0.3, -0.25) is 0 Å². The van der Waals surface area contributed by atoms with Crippen LogP contribution in [0, 0.1) is 0 Å². The van der Waals surface area contributed by atoms with Crippen molar-refractivity contribution < 1.29 is 4.74 Å². The molecular weight excluding hydrogens is 224 g/mol. The van der Waals surface area contributed by atoms with Crippen molar-refractivity contribution in [3.05, 3.63) is 23.2 Å². The highest BCUT2D eigenvalue weighted by atomic mass is 35.5. The van der Waals surface area contributed by atoms with Crippen LogP contribution in [-0.2, 0) is 4.74 Å². The van der Waals surface area contributed by atoms with E-state index in [2.05, 4.69) is 4.90 Å². The third-order valence-electron chi connectivity index (χ3n) is 2.83. The number of halogens is 1. The molecule has 0 amide bonds. The third-order valence-corrected chi connectivity index (χ3v) is 3.13. The minimum atomic E-state index is 0.581. The Morgan fingerprint density at radius 3 is 2.81 bits per heavy atom. The summed E-state index contributed by atoms with van der Waals surface area (Å²) in [6, 6.07) is 6.24. The third kappa shape index (κ3) is 2.42. The number of nitrogen functional groups attached to an aromatic ring is 1. The average molecular weight is 241 g/mol. The summed E-state index contributed by atoms with van der Waals surface area (Å²) in [6.07, 6.45) is 2.43. The summed E-state index contributed by atoms with van der Waals surface area (Å²) in [7, 11) is 1.71. The molecule has 3 nitrogen and oxygen atoms in total. The maximum absolute atomic E-state index is 6.21. The Labute approximate surface area is 101 Å². The van der Waals surface area contributed by atoms with Crippen molar-refractivity contribution in [3.63, 3.8) is 0 Å². The minimum Gasteiger partial charge on any atom is -0.397 e. The van der Waals surface area contributed by atoms with Crippen molar-refractivity contribution >= 4 is 23.0 Å². The molecular formula is C12H17ClN2O. The number of rotatable bonds is 5. The predicted molar refractivity (Wildman–Crippen MR) is 68.1 cm³/mol. The molecule has 1 aromatic carbocycles. The number of methoxy groups -OCH3 is 1. The number of nitrogens with two attached hydrogens (primary N) is 1. The molecule has 0 saturated heterocycles. The van der Waals surface area contributed by atoms with E-state index in [0.29, 0.717) is 12.6 Å². The van der Waals surface area contributed by atoms with E-state index < -0.39 is 0 Å². The fourth-order valence-electron chi connectivity index (χ4n) is 1.89. The lowest BCUT2D eigenvalue weighted by Crippen LogP contribution is -2.30. The summed E-state index contributed by atoms with van der Waals surface area (Å²) in [5.74, 6) is 0. The van der Waals surface area contributed by atoms with Gasteiger partial charge < -0.3 is 15.4 Å². The molecule has 0 aromatic heterocycles. The maximum atomic E-state index is 6.21. The van der Waals surface area contributed by atoms with E-state index in [1.807, 2.05) is 18.2 Å². The quantitative estimate of drug-likeness (QED) is 0.804. The maximum Gasteiger partial charge on any atom is 0.0792 e. The van der Waals surface area contributed by atoms with Gasteiger partial charge in [0.05, 0.1) is 23.0 Å². The van der Waals surface area contributed by atoms with Crippen molar-refractivity contribution in [2.75, 3.05) is 30.9 Å². The van der Waals surface area contributed by atoms with Crippen molar-refractivity contribution in [1.82, 2.24) is 0 Å². The lowest BCUT2D eigenvalue weighted by molar-refractivity contribution is 0.205. The number of anilines is 2. The molecule has 0 radical (unpaired) electrons. The Hall–Kier alpha value is -0.930. The van der Waals surface area contributed by atoms with Crippen LogP contribution in [0.3, 0.4) is 0 Å². The Kier molecular flexibility index (Phi) is 3.56. The normalized spacial score (nSPS) is 15.1. The number of benzene rings is 1. The first kappa shape index (κ1) is 11.6. The van der Waals surface area contributed by atoms with Crippen LogP contribution in [-0.4, -0.2) is 26.3 Å². The molecule has 1 saturated carbocycles. The van der Waals surface area contributed by atoms with Gasteiger partial charge in [-0.05, 0) is 25.0 Å². The Bertz CT molecular complexity index is 346. The Morgan fingerprint density at radius 1 is 1.50 bits per heavy atom. The SMILES string of the molecule is COCCN(c1c(N)cccc1Cl)C1CC1. The van der Waals surface area contributed by atoms with Crippen molar-refractivity contribution in [2.24, 2.45) is 0 Å². The molecule has 4 heteroatoms. The van der Waals surface area contributed by atoms with Gasteiger partial charge in [0.25, 0.3) is 0 Å². The highest BCUT2D eigenvalue weighted by Crippen LogP contribution is 2.38. The first-order chi connectivity index (χ1) is 7.74. The second-order valence-corrected chi connectivity index (χ2v) is 4.50. The summed E-state index contributed by atoms with van der Waals surface area (Å²) in [5, 5.41) is 0.725. The number of nitrogens with zero attached hydrogens (tertiary/aromatic N) is 1. The molecule has 0 heterocycles. The van der Waals surface area contributed by atoms with E-state index in [1.54, 1.807) is 7.11 Å². The lowest BCUT2D eigenvalue weighted by atomic mass is 10.2. The average Bonchev–Trinajstić information content (AvgIpc) is 3.06. The monoisotopic (exact) mass is 240 g/mol. The summed E-state index contributed by atoms with van der Waals surface area (Å²) in [5.41, 5.74) is 7.70. The van der Waals surface area contributed by atoms with Gasteiger partial charge in [0.1, 0.15) is 0 Å². The zero-order valence-corrected chi connectivity index (χ0v) is 10.2. The van der Waals surface area contributed by atoms with Crippen LogP contribution < -0.4 is 10.6 Å². The standard InChI is InChI=1S/C12H17ClN2O/c1-16-8-7-15(9-5-6-9)12-10(13)3-2-4-11(12)14/h2-4,9H,5-8,14H2,1H3. The van der Waals surface area contributed by atoms with Crippen LogP contribution in [0.1, 0.15) is 12.8 Å². The number of hydrogen-bond acceptors (Lipinski definition) is 3. The molecule has 1 aromatic rings. The van der Waals surface area contributed by atoms with Crippen LogP contribution in [0.15, 0.2) is 18.2 Å². The van der Waals surface area contributed by atoms with Crippen LogP contribution in [0.4, 0.5) is 11.4 Å². The van der Waals surface area contributed by atoms with Gasteiger partial charge in [-0.15, -0.1) is 0 Å². The summed E-state index contributed by atoms with van der Waals surface area (Å²) in [4.78, 5) is 2.27. The van der Waals surface area contributed by atoms with Crippen molar-refractivity contribution in [2.45, 2.75) is 18.9 Å². The second kappa shape index (κ2) is 4.93. The molecule has 16 heavy (non-hydrogen) atoms. The number of para-hydroxylation sites is 1. The Morgan fingerprint density at radius 2 is 2.25 bits per heavy atom. The molecule has 88 valence electrons. The topological polar surface area (TPSA) is 38.5 Å². The summed E-state index contributed by atoms with van der Waals surface area (Å²) < 4.78 is 5.13. The van der Waals surface area contributed by atoms with E-state index in [-0.39, 0.29) is 0 Å². The summed E-state index contributed by atoms with van der Waals surface area (Å²) in [6.45, 7) is 1.54. The minimum absolute atomic E-state index is 0.581. The fraction of sp³-hybridized carbons (Fsp3) is 0.500. The van der Waals surface area contributed by atoms with Gasteiger partial charge in [-0.2, -0.15) is 0 Å². The zero-order valence-electron chi connectivity index (χ0n) is 9.45. The van der Waals surface area contributed by atoms with Crippen LogP contribution >= 0.6 is 11.6 Å². The van der Waals surface area contributed by atoms with Crippen LogP contribution in [0.2, 0.25) is 5.02 Å². The van der Waals surface area contributed by atoms with Gasteiger partial charge in [-0.25, -0.2) is 0 Å². The van der Waals surface area contributed by atoms with E-state index in [0.717, 1.165) is 22.9 Å². The zero-order chi connectivity index (χ0) is 11.5. The number of hydrogen-bond donors (Lipinski definition) is 1. The van der Waals surface area contributed by atoms with Crippen LogP contribution in [0.5, 0.6) is 0 Å². The first-order valence-electron chi connectivity index (χ1n) is 5.53. The molecule has 0 bridgehead atoms. The fourth-order valence-corrected chi connectivity index (χ4v) is 2.18. The van der Waals surface area contributed by atoms with Gasteiger partial charge in [0.2, 0.25) is 0 Å². The van der Waals surface area contributed by atoms with Gasteiger partial charge in [-0.1, -0.05) is 17.7 Å². The largest absolute Gasteiger partial charge is 0.397 e. The molecule has 1 fully saturated rings. The van der Waals surface area contributed by atoms with Crippen molar-refractivity contribution in [3.8, 4) is 0 Å². The van der Waals surface area contributed by atoms with Crippen molar-refractivity contribution in [1.29, 1.82) is 0 Å². The van der Waals surface area contributed by atoms with Gasteiger partial charge in [0, 0.05) is 19.7 Å². The molecule has 1 aliphatic carbocycles. The highest BCUT2D eigenvalue weighted by molar-refractivity contribution is 6.34. The van der Waals surface area contributed by atoms with Gasteiger partial charge in [0.15, 0.2) is 0 Å². The van der Waals surface area contributed by atoms with E-state index in [1.165, 1.54) is 12.8 Å².